The first-order chi connectivity index (χ1) is 13.1. The van der Waals surface area contributed by atoms with Crippen LogP contribution in [0.25, 0.3) is 22.6 Å². The number of nitrogens with one attached hydrogen (secondary N) is 2. The molecule has 0 saturated heterocycles. The molecule has 1 aliphatic carbocycles. The number of hydrogen-bond acceptors (Lipinski definition) is 5. The zero-order valence-electron chi connectivity index (χ0n) is 15.4. The van der Waals surface area contributed by atoms with Crippen LogP contribution in [0.4, 0.5) is 5.69 Å². The van der Waals surface area contributed by atoms with Crippen LogP contribution < -0.4 is 11.1 Å². The Morgan fingerprint density at radius 3 is 2.63 bits per heavy atom. The number of nitrogens with two attached hydrogens (primary N) is 1. The second kappa shape index (κ2) is 7.44. The number of fused-ring (bicyclic) bond motifs is 1. The molecule has 7 heteroatoms. The number of amides is 1. The van der Waals surface area contributed by atoms with Crippen molar-refractivity contribution in [1.82, 2.24) is 19.9 Å². The molecule has 7 nitrogen and oxygen atoms in total. The van der Waals surface area contributed by atoms with Gasteiger partial charge in [0.25, 0.3) is 0 Å². The van der Waals surface area contributed by atoms with Crippen molar-refractivity contribution in [3.8, 4) is 11.5 Å². The average Bonchev–Trinajstić information content (AvgIpc) is 3.14. The summed E-state index contributed by atoms with van der Waals surface area (Å²) in [6.45, 7) is 2.05. The molecule has 27 heavy (non-hydrogen) atoms. The topological polar surface area (TPSA) is 110 Å². The third-order valence-electron chi connectivity index (χ3n) is 5.48. The quantitative estimate of drug-likeness (QED) is 0.659. The van der Waals surface area contributed by atoms with Gasteiger partial charge < -0.3 is 16.0 Å². The summed E-state index contributed by atoms with van der Waals surface area (Å²) in [7, 11) is 0. The normalized spacial score (nSPS) is 21.1. The van der Waals surface area contributed by atoms with E-state index in [1.165, 1.54) is 0 Å². The van der Waals surface area contributed by atoms with Crippen molar-refractivity contribution in [2.45, 2.75) is 38.6 Å². The van der Waals surface area contributed by atoms with E-state index in [4.69, 9.17) is 5.73 Å². The number of aromatic amines is 1. The summed E-state index contributed by atoms with van der Waals surface area (Å²) in [6, 6.07) is 5.74. The largest absolute Gasteiger partial charge is 0.337 e. The van der Waals surface area contributed by atoms with Gasteiger partial charge in [-0.2, -0.15) is 0 Å². The van der Waals surface area contributed by atoms with Crippen molar-refractivity contribution < 1.29 is 4.79 Å². The molecule has 0 aromatic carbocycles. The van der Waals surface area contributed by atoms with E-state index in [-0.39, 0.29) is 17.9 Å². The maximum absolute atomic E-state index is 12.8. The SMILES string of the molecule is CC(N)[C@H]1CC[C@H](C(=O)Nc2ccnc3[nH]c(-c4ncccn4)cc23)CC1. The van der Waals surface area contributed by atoms with Gasteiger partial charge in [-0.1, -0.05) is 0 Å². The van der Waals surface area contributed by atoms with Crippen LogP contribution in [0.3, 0.4) is 0 Å². The van der Waals surface area contributed by atoms with Gasteiger partial charge in [0.1, 0.15) is 5.65 Å². The molecule has 1 amide bonds. The summed E-state index contributed by atoms with van der Waals surface area (Å²) in [5.41, 5.74) is 8.25. The minimum absolute atomic E-state index is 0.0408. The molecule has 0 bridgehead atoms. The van der Waals surface area contributed by atoms with E-state index in [0.717, 1.165) is 42.5 Å². The number of hydrogen-bond donors (Lipinski definition) is 3. The number of anilines is 1. The van der Waals surface area contributed by atoms with Gasteiger partial charge >= 0.3 is 0 Å². The number of H-pyrrole nitrogens is 1. The lowest BCUT2D eigenvalue weighted by molar-refractivity contribution is -0.121. The molecule has 140 valence electrons. The molecule has 1 unspecified atom stereocenters. The number of aromatic nitrogens is 4. The Morgan fingerprint density at radius 1 is 1.19 bits per heavy atom. The first-order valence-corrected chi connectivity index (χ1v) is 9.43. The van der Waals surface area contributed by atoms with E-state index in [1.54, 1.807) is 24.7 Å². The van der Waals surface area contributed by atoms with Crippen molar-refractivity contribution in [2.75, 3.05) is 5.32 Å². The Labute approximate surface area is 157 Å². The molecule has 0 aliphatic heterocycles. The van der Waals surface area contributed by atoms with Gasteiger partial charge in [0, 0.05) is 35.9 Å². The van der Waals surface area contributed by atoms with Gasteiger partial charge in [0.15, 0.2) is 5.82 Å². The molecule has 4 rings (SSSR count). The van der Waals surface area contributed by atoms with Gasteiger partial charge in [-0.3, -0.25) is 4.79 Å². The van der Waals surface area contributed by atoms with E-state index < -0.39 is 0 Å². The third kappa shape index (κ3) is 3.68. The molecule has 3 aromatic heterocycles. The monoisotopic (exact) mass is 364 g/mol. The summed E-state index contributed by atoms with van der Waals surface area (Å²) in [5.74, 6) is 1.24. The maximum Gasteiger partial charge on any atom is 0.227 e. The van der Waals surface area contributed by atoms with Crippen molar-refractivity contribution >= 4 is 22.6 Å². The van der Waals surface area contributed by atoms with Crippen molar-refractivity contribution in [2.24, 2.45) is 17.6 Å². The van der Waals surface area contributed by atoms with Gasteiger partial charge in [-0.15, -0.1) is 0 Å². The molecule has 0 radical (unpaired) electrons. The summed E-state index contributed by atoms with van der Waals surface area (Å²) in [4.78, 5) is 28.9. The Morgan fingerprint density at radius 2 is 1.93 bits per heavy atom. The zero-order valence-corrected chi connectivity index (χ0v) is 15.4. The summed E-state index contributed by atoms with van der Waals surface area (Å²) >= 11 is 0. The average molecular weight is 364 g/mol. The minimum atomic E-state index is 0.0408. The lowest BCUT2D eigenvalue weighted by atomic mass is 9.79. The van der Waals surface area contributed by atoms with E-state index >= 15 is 0 Å². The lowest BCUT2D eigenvalue weighted by Gasteiger charge is -2.30. The number of carbonyl (C=O) groups excluding carboxylic acids is 1. The summed E-state index contributed by atoms with van der Waals surface area (Å²) in [6.07, 6.45) is 8.90. The van der Waals surface area contributed by atoms with Crippen molar-refractivity contribution in [3.63, 3.8) is 0 Å². The Kier molecular flexibility index (Phi) is 4.85. The van der Waals surface area contributed by atoms with Crippen LogP contribution in [-0.2, 0) is 4.79 Å². The molecule has 1 atom stereocenters. The molecule has 4 N–H and O–H groups in total. The molecule has 0 spiro atoms. The first kappa shape index (κ1) is 17.6. The van der Waals surface area contributed by atoms with Crippen LogP contribution >= 0.6 is 0 Å². The molecular weight excluding hydrogens is 340 g/mol. The molecular formula is C20H24N6O. The van der Waals surface area contributed by atoms with E-state index in [2.05, 4.69) is 32.2 Å². The number of carbonyl (C=O) groups is 1. The van der Waals surface area contributed by atoms with Gasteiger partial charge in [0.2, 0.25) is 5.91 Å². The fourth-order valence-corrected chi connectivity index (χ4v) is 3.84. The van der Waals surface area contributed by atoms with Crippen LogP contribution in [-0.4, -0.2) is 31.9 Å². The van der Waals surface area contributed by atoms with Crippen molar-refractivity contribution in [1.29, 1.82) is 0 Å². The second-order valence-electron chi connectivity index (χ2n) is 7.34. The lowest BCUT2D eigenvalue weighted by Crippen LogP contribution is -2.33. The Bertz CT molecular complexity index is 928. The second-order valence-corrected chi connectivity index (χ2v) is 7.34. The fourth-order valence-electron chi connectivity index (χ4n) is 3.84. The highest BCUT2D eigenvalue weighted by Crippen LogP contribution is 2.32. The van der Waals surface area contributed by atoms with Gasteiger partial charge in [-0.25, -0.2) is 15.0 Å². The number of pyridine rings is 1. The number of nitrogens with zero attached hydrogens (tertiary/aromatic N) is 3. The minimum Gasteiger partial charge on any atom is -0.337 e. The third-order valence-corrected chi connectivity index (χ3v) is 5.48. The smallest absolute Gasteiger partial charge is 0.227 e. The van der Waals surface area contributed by atoms with E-state index in [1.807, 2.05) is 12.1 Å². The first-order valence-electron chi connectivity index (χ1n) is 9.43. The Balaban J connectivity index is 1.52. The highest BCUT2D eigenvalue weighted by molar-refractivity contribution is 6.02. The van der Waals surface area contributed by atoms with Crippen LogP contribution in [0.5, 0.6) is 0 Å². The molecule has 1 aliphatic rings. The highest BCUT2D eigenvalue weighted by atomic mass is 16.1. The zero-order chi connectivity index (χ0) is 18.8. The van der Waals surface area contributed by atoms with E-state index in [0.29, 0.717) is 17.4 Å². The van der Waals surface area contributed by atoms with E-state index in [9.17, 15) is 4.79 Å². The van der Waals surface area contributed by atoms with Crippen LogP contribution in [0.1, 0.15) is 32.6 Å². The molecule has 3 heterocycles. The molecule has 1 saturated carbocycles. The Hall–Kier alpha value is -2.80. The fraction of sp³-hybridized carbons (Fsp3) is 0.400. The summed E-state index contributed by atoms with van der Waals surface area (Å²) in [5, 5.41) is 3.95. The predicted molar refractivity (Wildman–Crippen MR) is 105 cm³/mol. The summed E-state index contributed by atoms with van der Waals surface area (Å²) < 4.78 is 0. The van der Waals surface area contributed by atoms with Crippen LogP contribution in [0.15, 0.2) is 36.8 Å². The van der Waals surface area contributed by atoms with Gasteiger partial charge in [0.05, 0.1) is 11.4 Å². The molecule has 3 aromatic rings. The van der Waals surface area contributed by atoms with Crippen LogP contribution in [0, 0.1) is 11.8 Å². The van der Waals surface area contributed by atoms with Crippen molar-refractivity contribution in [3.05, 3.63) is 36.8 Å². The standard InChI is InChI=1S/C20H24N6O/c1-12(21)13-3-5-14(6-4-13)20(27)26-16-7-10-24-18-15(16)11-17(25-18)19-22-8-2-9-23-19/h2,7-14H,3-6,21H2,1H3,(H2,24,25,26,27)/t12?,13-,14-. The highest BCUT2D eigenvalue weighted by Gasteiger charge is 2.28. The molecule has 1 fully saturated rings. The van der Waals surface area contributed by atoms with Gasteiger partial charge in [-0.05, 0) is 56.7 Å². The van der Waals surface area contributed by atoms with Crippen LogP contribution in [0.2, 0.25) is 0 Å². The number of rotatable bonds is 4. The predicted octanol–water partition coefficient (Wildman–Crippen LogP) is 3.11. The maximum atomic E-state index is 12.8.